The van der Waals surface area contributed by atoms with Crippen LogP contribution in [0, 0.1) is 0 Å². The van der Waals surface area contributed by atoms with Crippen molar-refractivity contribution in [2.45, 2.75) is 26.1 Å². The number of ether oxygens (including phenoxy) is 2. The molecule has 4 rings (SSSR count). The van der Waals surface area contributed by atoms with Gasteiger partial charge in [0.15, 0.2) is 0 Å². The zero-order valence-electron chi connectivity index (χ0n) is 16.5. The fourth-order valence-electron chi connectivity index (χ4n) is 3.62. The summed E-state index contributed by atoms with van der Waals surface area (Å²) in [5.41, 5.74) is 4.96. The maximum atomic E-state index is 11.7. The molecule has 152 valence electrons. The summed E-state index contributed by atoms with van der Waals surface area (Å²) in [7, 11) is 1.69. The number of carbonyl (C=O) groups is 1. The predicted molar refractivity (Wildman–Crippen MR) is 108 cm³/mol. The Morgan fingerprint density at radius 3 is 2.97 bits per heavy atom. The number of benzene rings is 2. The van der Waals surface area contributed by atoms with Gasteiger partial charge < -0.3 is 18.9 Å². The number of hydrogen-bond donors (Lipinski definition) is 2. The highest BCUT2D eigenvalue weighted by Gasteiger charge is 2.27. The zero-order chi connectivity index (χ0) is 20.4. The van der Waals surface area contributed by atoms with E-state index in [0.29, 0.717) is 37.6 Å². The largest absolute Gasteiger partial charge is 0.491 e. The van der Waals surface area contributed by atoms with Crippen LogP contribution >= 0.6 is 0 Å². The number of imidazole rings is 1. The SMILES string of the molecule is COCCn1c(N2Cc3ccc(C(=O)NO)cc3OC[C@@H]2C)nc2ccccc21. The number of fused-ring (bicyclic) bond motifs is 2. The van der Waals surface area contributed by atoms with Gasteiger partial charge in [-0.2, -0.15) is 0 Å². The molecule has 8 nitrogen and oxygen atoms in total. The monoisotopic (exact) mass is 396 g/mol. The van der Waals surface area contributed by atoms with Crippen LogP contribution in [0.1, 0.15) is 22.8 Å². The molecule has 8 heteroatoms. The molecule has 3 aromatic rings. The van der Waals surface area contributed by atoms with Crippen molar-refractivity contribution >= 4 is 22.9 Å². The van der Waals surface area contributed by atoms with Crippen molar-refractivity contribution in [2.24, 2.45) is 0 Å². The normalized spacial score (nSPS) is 16.2. The average Bonchev–Trinajstić information content (AvgIpc) is 3.03. The Morgan fingerprint density at radius 2 is 2.17 bits per heavy atom. The van der Waals surface area contributed by atoms with Crippen molar-refractivity contribution in [3.05, 3.63) is 53.6 Å². The second-order valence-corrected chi connectivity index (χ2v) is 7.10. The van der Waals surface area contributed by atoms with E-state index in [0.717, 1.165) is 22.5 Å². The molecule has 2 N–H and O–H groups in total. The molecular formula is C21H24N4O4. The summed E-state index contributed by atoms with van der Waals surface area (Å²) in [5.74, 6) is 0.941. The van der Waals surface area contributed by atoms with E-state index in [9.17, 15) is 4.79 Å². The van der Waals surface area contributed by atoms with Crippen molar-refractivity contribution in [3.8, 4) is 5.75 Å². The molecule has 0 radical (unpaired) electrons. The Labute approximate surface area is 168 Å². The number of aromatic nitrogens is 2. The first-order chi connectivity index (χ1) is 14.1. The summed E-state index contributed by atoms with van der Waals surface area (Å²) in [6, 6.07) is 13.3. The summed E-state index contributed by atoms with van der Waals surface area (Å²) in [6.07, 6.45) is 0. The van der Waals surface area contributed by atoms with Gasteiger partial charge in [-0.25, -0.2) is 10.5 Å². The molecule has 1 aliphatic rings. The first kappa shape index (κ1) is 19.2. The first-order valence-corrected chi connectivity index (χ1v) is 9.53. The van der Waals surface area contributed by atoms with Gasteiger partial charge >= 0.3 is 0 Å². The highest BCUT2D eigenvalue weighted by atomic mass is 16.5. The minimum absolute atomic E-state index is 0.0654. The van der Waals surface area contributed by atoms with E-state index in [-0.39, 0.29) is 6.04 Å². The molecule has 0 bridgehead atoms. The third-order valence-corrected chi connectivity index (χ3v) is 5.19. The van der Waals surface area contributed by atoms with Crippen molar-refractivity contribution in [3.63, 3.8) is 0 Å². The maximum absolute atomic E-state index is 11.7. The van der Waals surface area contributed by atoms with E-state index < -0.39 is 5.91 Å². The molecule has 1 aliphatic heterocycles. The number of methoxy groups -OCH3 is 1. The molecule has 0 aliphatic carbocycles. The van der Waals surface area contributed by atoms with Gasteiger partial charge in [0.1, 0.15) is 12.4 Å². The molecule has 29 heavy (non-hydrogen) atoms. The summed E-state index contributed by atoms with van der Waals surface area (Å²) >= 11 is 0. The summed E-state index contributed by atoms with van der Waals surface area (Å²) in [5, 5.41) is 8.88. The van der Waals surface area contributed by atoms with Gasteiger partial charge in [0.2, 0.25) is 5.95 Å². The quantitative estimate of drug-likeness (QED) is 0.509. The van der Waals surface area contributed by atoms with E-state index >= 15 is 0 Å². The minimum atomic E-state index is -0.563. The first-order valence-electron chi connectivity index (χ1n) is 9.53. The molecule has 0 spiro atoms. The lowest BCUT2D eigenvalue weighted by Gasteiger charge is -2.28. The Morgan fingerprint density at radius 1 is 1.34 bits per heavy atom. The minimum Gasteiger partial charge on any atom is -0.491 e. The van der Waals surface area contributed by atoms with Crippen LogP contribution in [0.25, 0.3) is 11.0 Å². The second kappa shape index (κ2) is 8.10. The third kappa shape index (κ3) is 3.64. The van der Waals surface area contributed by atoms with Gasteiger partial charge in [-0.3, -0.25) is 10.0 Å². The summed E-state index contributed by atoms with van der Waals surface area (Å²) in [6.45, 7) is 4.41. The Kier molecular flexibility index (Phi) is 5.37. The molecule has 1 aromatic heterocycles. The van der Waals surface area contributed by atoms with Crippen LogP contribution in [-0.4, -0.2) is 47.0 Å². The molecule has 0 unspecified atom stereocenters. The smallest absolute Gasteiger partial charge is 0.274 e. The van der Waals surface area contributed by atoms with Crippen LogP contribution in [-0.2, 0) is 17.8 Å². The fraction of sp³-hybridized carbons (Fsp3) is 0.333. The Bertz CT molecular complexity index is 1030. The molecule has 2 heterocycles. The van der Waals surface area contributed by atoms with E-state index in [1.54, 1.807) is 24.7 Å². The highest BCUT2D eigenvalue weighted by molar-refractivity contribution is 5.93. The van der Waals surface area contributed by atoms with Gasteiger partial charge in [0.05, 0.1) is 23.7 Å². The lowest BCUT2D eigenvalue weighted by Crippen LogP contribution is -2.37. The van der Waals surface area contributed by atoms with Crippen LogP contribution in [0.4, 0.5) is 5.95 Å². The summed E-state index contributed by atoms with van der Waals surface area (Å²) in [4.78, 5) is 18.8. The average molecular weight is 396 g/mol. The van der Waals surface area contributed by atoms with E-state index in [4.69, 9.17) is 19.7 Å². The predicted octanol–water partition coefficient (Wildman–Crippen LogP) is 2.59. The van der Waals surface area contributed by atoms with Crippen molar-refractivity contribution in [1.82, 2.24) is 15.0 Å². The standard InChI is InChI=1S/C21H24N4O4/c1-14-13-29-19-11-15(20(26)23-27)7-8-16(19)12-25(14)21-22-17-5-3-4-6-18(17)24(21)9-10-28-2/h3-8,11,14,27H,9-10,12-13H2,1-2H3,(H,23,26)/t14-/m0/s1. The molecular weight excluding hydrogens is 372 g/mol. The lowest BCUT2D eigenvalue weighted by atomic mass is 10.1. The molecule has 1 amide bonds. The van der Waals surface area contributed by atoms with Crippen LogP contribution in [0.3, 0.4) is 0 Å². The second-order valence-electron chi connectivity index (χ2n) is 7.10. The fourth-order valence-corrected chi connectivity index (χ4v) is 3.62. The van der Waals surface area contributed by atoms with E-state index in [1.807, 2.05) is 24.3 Å². The van der Waals surface area contributed by atoms with Gasteiger partial charge in [-0.1, -0.05) is 18.2 Å². The molecule has 0 saturated carbocycles. The van der Waals surface area contributed by atoms with Crippen LogP contribution in [0.5, 0.6) is 5.75 Å². The van der Waals surface area contributed by atoms with Gasteiger partial charge in [-0.05, 0) is 31.2 Å². The molecule has 2 aromatic carbocycles. The number of para-hydroxylation sites is 2. The Hall–Kier alpha value is -3.10. The van der Waals surface area contributed by atoms with E-state index in [1.165, 1.54) is 0 Å². The van der Waals surface area contributed by atoms with Crippen LogP contribution in [0.2, 0.25) is 0 Å². The number of rotatable bonds is 5. The Balaban J connectivity index is 1.74. The topological polar surface area (TPSA) is 88.9 Å². The van der Waals surface area contributed by atoms with Crippen LogP contribution < -0.4 is 15.1 Å². The number of carbonyl (C=O) groups excluding carboxylic acids is 1. The number of nitrogens with one attached hydrogen (secondary N) is 1. The number of anilines is 1. The van der Waals surface area contributed by atoms with Crippen molar-refractivity contribution in [1.29, 1.82) is 0 Å². The lowest BCUT2D eigenvalue weighted by molar-refractivity contribution is 0.0706. The maximum Gasteiger partial charge on any atom is 0.274 e. The summed E-state index contributed by atoms with van der Waals surface area (Å²) < 4.78 is 13.5. The van der Waals surface area contributed by atoms with Crippen molar-refractivity contribution in [2.75, 3.05) is 25.2 Å². The highest BCUT2D eigenvalue weighted by Crippen LogP contribution is 2.31. The van der Waals surface area contributed by atoms with Gasteiger partial charge in [0.25, 0.3) is 5.91 Å². The molecule has 1 atom stereocenters. The molecule has 0 fully saturated rings. The van der Waals surface area contributed by atoms with Crippen LogP contribution in [0.15, 0.2) is 42.5 Å². The number of hydrogen-bond acceptors (Lipinski definition) is 6. The third-order valence-electron chi connectivity index (χ3n) is 5.19. The zero-order valence-corrected chi connectivity index (χ0v) is 16.5. The number of hydroxylamine groups is 1. The van der Waals surface area contributed by atoms with Crippen molar-refractivity contribution < 1.29 is 19.5 Å². The van der Waals surface area contributed by atoms with Gasteiger partial charge in [0, 0.05) is 31.3 Å². The number of amides is 1. The van der Waals surface area contributed by atoms with E-state index in [2.05, 4.69) is 22.5 Å². The molecule has 0 saturated heterocycles. The number of nitrogens with zero attached hydrogens (tertiary/aromatic N) is 3. The van der Waals surface area contributed by atoms with Gasteiger partial charge in [-0.15, -0.1) is 0 Å².